The second-order valence-corrected chi connectivity index (χ2v) is 10.0. The summed E-state index contributed by atoms with van der Waals surface area (Å²) in [5.74, 6) is -0.275. The normalized spacial score (nSPS) is 12.1. The van der Waals surface area contributed by atoms with Gasteiger partial charge in [-0.05, 0) is 42.3 Å². The van der Waals surface area contributed by atoms with Crippen LogP contribution in [0.2, 0.25) is 10.0 Å². The Bertz CT molecular complexity index is 1090. The number of benzene rings is 2. The molecule has 0 heterocycles. The van der Waals surface area contributed by atoms with E-state index in [4.69, 9.17) is 27.9 Å². The molecule has 2 aromatic rings. The lowest BCUT2D eigenvalue weighted by Gasteiger charge is -2.32. The van der Waals surface area contributed by atoms with Crippen molar-refractivity contribution in [1.29, 1.82) is 0 Å². The van der Waals surface area contributed by atoms with Gasteiger partial charge in [-0.25, -0.2) is 8.42 Å². The van der Waals surface area contributed by atoms with E-state index in [1.807, 2.05) is 0 Å². The van der Waals surface area contributed by atoms with Crippen LogP contribution in [0.5, 0.6) is 5.75 Å². The maximum Gasteiger partial charge on any atom is 0.244 e. The van der Waals surface area contributed by atoms with Gasteiger partial charge in [0.1, 0.15) is 18.3 Å². The van der Waals surface area contributed by atoms with E-state index in [-0.39, 0.29) is 28.2 Å². The smallest absolute Gasteiger partial charge is 0.244 e. The summed E-state index contributed by atoms with van der Waals surface area (Å²) in [5.41, 5.74) is 0.829. The van der Waals surface area contributed by atoms with Gasteiger partial charge < -0.3 is 15.0 Å². The molecule has 0 radical (unpaired) electrons. The van der Waals surface area contributed by atoms with Crippen molar-refractivity contribution in [2.45, 2.75) is 25.9 Å². The molecule has 0 aromatic heterocycles. The van der Waals surface area contributed by atoms with Crippen molar-refractivity contribution < 1.29 is 22.7 Å². The quantitative estimate of drug-likeness (QED) is 0.523. The number of halogens is 2. The average molecular weight is 516 g/mol. The first kappa shape index (κ1) is 26.8. The summed E-state index contributed by atoms with van der Waals surface area (Å²) < 4.78 is 31.2. The molecule has 0 aliphatic rings. The van der Waals surface area contributed by atoms with Crippen LogP contribution in [0.15, 0.2) is 42.5 Å². The Morgan fingerprint density at radius 1 is 1.12 bits per heavy atom. The monoisotopic (exact) mass is 515 g/mol. The lowest BCUT2D eigenvalue weighted by Crippen LogP contribution is -2.51. The number of carbonyl (C=O) groups is 2. The summed E-state index contributed by atoms with van der Waals surface area (Å²) in [6, 6.07) is 10.6. The van der Waals surface area contributed by atoms with Crippen molar-refractivity contribution in [3.63, 3.8) is 0 Å². The molecule has 8 nitrogen and oxygen atoms in total. The Kier molecular flexibility index (Phi) is 9.39. The third-order valence-electron chi connectivity index (χ3n) is 5.00. The number of anilines is 1. The molecule has 2 amide bonds. The lowest BCUT2D eigenvalue weighted by atomic mass is 10.1. The molecule has 0 unspecified atom stereocenters. The van der Waals surface area contributed by atoms with E-state index in [9.17, 15) is 18.0 Å². The summed E-state index contributed by atoms with van der Waals surface area (Å²) in [7, 11) is -0.873. The van der Waals surface area contributed by atoms with Crippen molar-refractivity contribution in [2.75, 3.05) is 31.3 Å². The predicted molar refractivity (Wildman–Crippen MR) is 130 cm³/mol. The van der Waals surface area contributed by atoms with Gasteiger partial charge in [0.15, 0.2) is 0 Å². The fourth-order valence-electron chi connectivity index (χ4n) is 3.29. The first-order valence-electron chi connectivity index (χ1n) is 10.1. The second-order valence-electron chi connectivity index (χ2n) is 7.27. The Balaban J connectivity index is 2.45. The van der Waals surface area contributed by atoms with Gasteiger partial charge in [-0.15, -0.1) is 0 Å². The molecule has 0 spiro atoms. The van der Waals surface area contributed by atoms with Crippen LogP contribution in [-0.2, 0) is 26.2 Å². The number of ether oxygens (including phenoxy) is 1. The number of amides is 2. The maximum absolute atomic E-state index is 13.5. The van der Waals surface area contributed by atoms with Crippen LogP contribution in [0.1, 0.15) is 18.9 Å². The SMILES string of the molecule is CC[C@@H](C(=O)NC)N(Cc1ccc(OC)cc1)C(=O)CN(c1cc(Cl)ccc1Cl)S(C)(=O)=O. The van der Waals surface area contributed by atoms with Crippen LogP contribution < -0.4 is 14.4 Å². The Labute approximate surface area is 204 Å². The largest absolute Gasteiger partial charge is 0.497 e. The van der Waals surface area contributed by atoms with Crippen LogP contribution in [0.4, 0.5) is 5.69 Å². The molecule has 1 N–H and O–H groups in total. The summed E-state index contributed by atoms with van der Waals surface area (Å²) in [6.45, 7) is 1.31. The molecule has 0 saturated heterocycles. The molecule has 0 aliphatic carbocycles. The fraction of sp³-hybridized carbons (Fsp3) is 0.364. The zero-order chi connectivity index (χ0) is 24.8. The zero-order valence-electron chi connectivity index (χ0n) is 18.8. The van der Waals surface area contributed by atoms with Crippen LogP contribution >= 0.6 is 23.2 Å². The Morgan fingerprint density at radius 3 is 2.27 bits per heavy atom. The van der Waals surface area contributed by atoms with Gasteiger partial charge in [-0.3, -0.25) is 13.9 Å². The molecule has 2 aromatic carbocycles. The number of nitrogens with zero attached hydrogens (tertiary/aromatic N) is 2. The molecule has 0 bridgehead atoms. The van der Waals surface area contributed by atoms with Gasteiger partial charge in [0.25, 0.3) is 0 Å². The molecule has 0 fully saturated rings. The van der Waals surface area contributed by atoms with Crippen molar-refractivity contribution in [1.82, 2.24) is 10.2 Å². The first-order chi connectivity index (χ1) is 15.5. The number of likely N-dealkylation sites (N-methyl/N-ethyl adjacent to an activating group) is 1. The van der Waals surface area contributed by atoms with E-state index in [1.165, 1.54) is 30.1 Å². The molecular weight excluding hydrogens is 489 g/mol. The average Bonchev–Trinajstić information content (AvgIpc) is 2.78. The Morgan fingerprint density at radius 2 is 1.76 bits per heavy atom. The maximum atomic E-state index is 13.5. The van der Waals surface area contributed by atoms with E-state index in [0.717, 1.165) is 16.1 Å². The van der Waals surface area contributed by atoms with Gasteiger partial charge in [-0.2, -0.15) is 0 Å². The minimum atomic E-state index is -3.90. The molecule has 2 rings (SSSR count). The minimum absolute atomic E-state index is 0.0809. The summed E-state index contributed by atoms with van der Waals surface area (Å²) in [4.78, 5) is 27.4. The van der Waals surface area contributed by atoms with Crippen molar-refractivity contribution >= 4 is 50.7 Å². The summed E-state index contributed by atoms with van der Waals surface area (Å²) in [5, 5.41) is 2.95. The molecule has 0 aliphatic heterocycles. The van der Waals surface area contributed by atoms with Gasteiger partial charge in [-0.1, -0.05) is 42.3 Å². The number of hydrogen-bond donors (Lipinski definition) is 1. The lowest BCUT2D eigenvalue weighted by molar-refractivity contribution is -0.140. The van der Waals surface area contributed by atoms with Gasteiger partial charge in [0.2, 0.25) is 21.8 Å². The molecule has 180 valence electrons. The number of carbonyl (C=O) groups excluding carboxylic acids is 2. The molecular formula is C22H27Cl2N3O5S. The van der Waals surface area contributed by atoms with E-state index in [0.29, 0.717) is 12.2 Å². The zero-order valence-corrected chi connectivity index (χ0v) is 21.2. The number of methoxy groups -OCH3 is 1. The molecule has 1 atom stereocenters. The standard InChI is InChI=1S/C22H27Cl2N3O5S/c1-5-19(22(29)25-2)26(13-15-6-9-17(32-3)10-7-15)21(28)14-27(33(4,30)31)20-12-16(23)8-11-18(20)24/h6-12,19H,5,13-14H2,1-4H3,(H,25,29)/t19-/m0/s1. The minimum Gasteiger partial charge on any atom is -0.497 e. The third-order valence-corrected chi connectivity index (χ3v) is 6.68. The number of rotatable bonds is 10. The Hall–Kier alpha value is -2.49. The summed E-state index contributed by atoms with van der Waals surface area (Å²) in [6.07, 6.45) is 1.31. The van der Waals surface area contributed by atoms with Gasteiger partial charge in [0, 0.05) is 18.6 Å². The highest BCUT2D eigenvalue weighted by atomic mass is 35.5. The highest BCUT2D eigenvalue weighted by molar-refractivity contribution is 7.92. The third kappa shape index (κ3) is 6.99. The van der Waals surface area contributed by atoms with E-state index in [2.05, 4.69) is 5.32 Å². The van der Waals surface area contributed by atoms with Crippen LogP contribution in [0, 0.1) is 0 Å². The first-order valence-corrected chi connectivity index (χ1v) is 12.7. The van der Waals surface area contributed by atoms with E-state index in [1.54, 1.807) is 38.3 Å². The highest BCUT2D eigenvalue weighted by Crippen LogP contribution is 2.31. The second kappa shape index (κ2) is 11.6. The van der Waals surface area contributed by atoms with Crippen LogP contribution in [0.25, 0.3) is 0 Å². The number of sulfonamides is 1. The molecule has 33 heavy (non-hydrogen) atoms. The van der Waals surface area contributed by atoms with E-state index >= 15 is 0 Å². The summed E-state index contributed by atoms with van der Waals surface area (Å²) >= 11 is 12.3. The fourth-order valence-corrected chi connectivity index (χ4v) is 4.57. The van der Waals surface area contributed by atoms with E-state index < -0.39 is 28.5 Å². The van der Waals surface area contributed by atoms with Crippen molar-refractivity contribution in [3.8, 4) is 5.75 Å². The number of nitrogens with one attached hydrogen (secondary N) is 1. The topological polar surface area (TPSA) is 96.0 Å². The van der Waals surface area contributed by atoms with Gasteiger partial charge in [0.05, 0.1) is 24.1 Å². The number of hydrogen-bond acceptors (Lipinski definition) is 5. The van der Waals surface area contributed by atoms with Gasteiger partial charge >= 0.3 is 0 Å². The van der Waals surface area contributed by atoms with Crippen molar-refractivity contribution in [3.05, 3.63) is 58.1 Å². The molecule has 0 saturated carbocycles. The van der Waals surface area contributed by atoms with Crippen LogP contribution in [0.3, 0.4) is 0 Å². The highest BCUT2D eigenvalue weighted by Gasteiger charge is 2.32. The predicted octanol–water partition coefficient (Wildman–Crippen LogP) is 3.32. The van der Waals surface area contributed by atoms with Crippen LogP contribution in [-0.4, -0.2) is 58.1 Å². The van der Waals surface area contributed by atoms with Crippen molar-refractivity contribution in [2.24, 2.45) is 0 Å². The molecule has 11 heteroatoms.